The Morgan fingerprint density at radius 1 is 1.11 bits per heavy atom. The predicted molar refractivity (Wildman–Crippen MR) is 82.3 cm³/mol. The van der Waals surface area contributed by atoms with E-state index < -0.39 is 0 Å². The molecular formula is C16H15Cl2N. The van der Waals surface area contributed by atoms with Crippen LogP contribution >= 0.6 is 23.2 Å². The Morgan fingerprint density at radius 3 is 2.74 bits per heavy atom. The fraction of sp³-hybridized carbons (Fsp3) is 0.250. The Labute approximate surface area is 123 Å². The van der Waals surface area contributed by atoms with Gasteiger partial charge in [0.25, 0.3) is 0 Å². The van der Waals surface area contributed by atoms with E-state index in [0.29, 0.717) is 6.04 Å². The molecule has 0 aromatic heterocycles. The van der Waals surface area contributed by atoms with Gasteiger partial charge in [0, 0.05) is 5.02 Å². The van der Waals surface area contributed by atoms with Gasteiger partial charge < -0.3 is 5.32 Å². The van der Waals surface area contributed by atoms with Gasteiger partial charge in [-0.05, 0) is 48.6 Å². The number of hydrogen-bond acceptors (Lipinski definition) is 1. The summed E-state index contributed by atoms with van der Waals surface area (Å²) >= 11 is 12.5. The van der Waals surface area contributed by atoms with Crippen molar-refractivity contribution in [1.82, 2.24) is 0 Å². The lowest BCUT2D eigenvalue weighted by atomic mass is 10.1. The van der Waals surface area contributed by atoms with Crippen molar-refractivity contribution in [2.24, 2.45) is 0 Å². The summed E-state index contributed by atoms with van der Waals surface area (Å²) in [6, 6.07) is 12.7. The van der Waals surface area contributed by atoms with E-state index in [-0.39, 0.29) is 0 Å². The van der Waals surface area contributed by atoms with E-state index in [9.17, 15) is 0 Å². The standard InChI is InChI=1S/C16H15Cl2N/c1-10-8-14(18)16(9-13(10)17)19-15-7-6-11-4-2-3-5-12(11)15/h2-5,8-9,15,19H,6-7H2,1H3. The maximum Gasteiger partial charge on any atom is 0.0641 e. The van der Waals surface area contributed by atoms with Gasteiger partial charge in [-0.15, -0.1) is 0 Å². The molecule has 98 valence electrons. The van der Waals surface area contributed by atoms with E-state index in [1.165, 1.54) is 11.1 Å². The lowest BCUT2D eigenvalue weighted by molar-refractivity contribution is 0.762. The first-order chi connectivity index (χ1) is 9.15. The molecule has 3 heteroatoms. The van der Waals surface area contributed by atoms with Crippen LogP contribution in [0.2, 0.25) is 10.0 Å². The van der Waals surface area contributed by atoms with Crippen LogP contribution in [-0.2, 0) is 6.42 Å². The van der Waals surface area contributed by atoms with Gasteiger partial charge in [0.05, 0.1) is 16.8 Å². The lowest BCUT2D eigenvalue weighted by Gasteiger charge is -2.17. The molecule has 0 aliphatic heterocycles. The third-order valence-electron chi connectivity index (χ3n) is 3.71. The molecule has 0 fully saturated rings. The molecule has 0 spiro atoms. The molecule has 1 unspecified atom stereocenters. The number of halogens is 2. The Morgan fingerprint density at radius 2 is 1.89 bits per heavy atom. The topological polar surface area (TPSA) is 12.0 Å². The highest BCUT2D eigenvalue weighted by molar-refractivity contribution is 6.35. The van der Waals surface area contributed by atoms with E-state index in [1.54, 1.807) is 0 Å². The molecule has 0 saturated carbocycles. The van der Waals surface area contributed by atoms with Gasteiger partial charge in [-0.3, -0.25) is 0 Å². The van der Waals surface area contributed by atoms with Gasteiger partial charge in [-0.1, -0.05) is 47.5 Å². The van der Waals surface area contributed by atoms with Crippen molar-refractivity contribution in [2.75, 3.05) is 5.32 Å². The number of rotatable bonds is 2. The monoisotopic (exact) mass is 291 g/mol. The highest BCUT2D eigenvalue weighted by Gasteiger charge is 2.22. The van der Waals surface area contributed by atoms with Crippen LogP contribution in [0.5, 0.6) is 0 Å². The molecule has 1 aliphatic rings. The van der Waals surface area contributed by atoms with E-state index >= 15 is 0 Å². The van der Waals surface area contributed by atoms with Crippen LogP contribution < -0.4 is 5.32 Å². The average Bonchev–Trinajstić information content (AvgIpc) is 2.80. The van der Waals surface area contributed by atoms with Crippen molar-refractivity contribution in [3.05, 3.63) is 63.1 Å². The van der Waals surface area contributed by atoms with E-state index in [0.717, 1.165) is 34.1 Å². The molecule has 1 N–H and O–H groups in total. The summed E-state index contributed by atoms with van der Waals surface area (Å²) in [5, 5.41) is 4.99. The van der Waals surface area contributed by atoms with Crippen molar-refractivity contribution in [1.29, 1.82) is 0 Å². The Bertz CT molecular complexity index is 622. The van der Waals surface area contributed by atoms with Crippen LogP contribution in [0.4, 0.5) is 5.69 Å². The van der Waals surface area contributed by atoms with Gasteiger partial charge in [0.2, 0.25) is 0 Å². The number of nitrogens with one attached hydrogen (secondary N) is 1. The Balaban J connectivity index is 1.89. The molecule has 19 heavy (non-hydrogen) atoms. The van der Waals surface area contributed by atoms with Crippen LogP contribution in [0.3, 0.4) is 0 Å². The zero-order valence-corrected chi connectivity index (χ0v) is 12.2. The maximum absolute atomic E-state index is 6.29. The smallest absolute Gasteiger partial charge is 0.0641 e. The molecule has 1 nitrogen and oxygen atoms in total. The summed E-state index contributed by atoms with van der Waals surface area (Å²) in [4.78, 5) is 0. The summed E-state index contributed by atoms with van der Waals surface area (Å²) in [6.45, 7) is 1.96. The second kappa shape index (κ2) is 5.07. The first-order valence-electron chi connectivity index (χ1n) is 6.45. The number of aryl methyl sites for hydroxylation is 2. The number of fused-ring (bicyclic) bond motifs is 1. The van der Waals surface area contributed by atoms with Crippen LogP contribution in [0, 0.1) is 6.92 Å². The third kappa shape index (κ3) is 2.45. The minimum atomic E-state index is 0.326. The number of hydrogen-bond donors (Lipinski definition) is 1. The number of anilines is 1. The zero-order chi connectivity index (χ0) is 13.4. The van der Waals surface area contributed by atoms with Gasteiger partial charge in [0.1, 0.15) is 0 Å². The molecule has 0 saturated heterocycles. The molecule has 1 aliphatic carbocycles. The molecule has 1 atom stereocenters. The summed E-state index contributed by atoms with van der Waals surface area (Å²) in [5.41, 5.74) is 4.72. The first kappa shape index (κ1) is 12.8. The zero-order valence-electron chi connectivity index (χ0n) is 10.7. The van der Waals surface area contributed by atoms with Crippen molar-refractivity contribution >= 4 is 28.9 Å². The molecule has 2 aromatic carbocycles. The van der Waals surface area contributed by atoms with Crippen LogP contribution in [0.25, 0.3) is 0 Å². The third-order valence-corrected chi connectivity index (χ3v) is 4.43. The second-order valence-electron chi connectivity index (χ2n) is 5.02. The molecule has 0 radical (unpaired) electrons. The van der Waals surface area contributed by atoms with Crippen molar-refractivity contribution in [3.63, 3.8) is 0 Å². The van der Waals surface area contributed by atoms with Crippen molar-refractivity contribution < 1.29 is 0 Å². The fourth-order valence-corrected chi connectivity index (χ4v) is 3.09. The quantitative estimate of drug-likeness (QED) is 0.781. The van der Waals surface area contributed by atoms with Crippen LogP contribution in [0.15, 0.2) is 36.4 Å². The van der Waals surface area contributed by atoms with Crippen LogP contribution in [-0.4, -0.2) is 0 Å². The fourth-order valence-electron chi connectivity index (χ4n) is 2.65. The normalized spacial score (nSPS) is 17.3. The SMILES string of the molecule is Cc1cc(Cl)c(NC2CCc3ccccc32)cc1Cl. The highest BCUT2D eigenvalue weighted by atomic mass is 35.5. The van der Waals surface area contributed by atoms with Gasteiger partial charge >= 0.3 is 0 Å². The first-order valence-corrected chi connectivity index (χ1v) is 7.21. The highest BCUT2D eigenvalue weighted by Crippen LogP contribution is 2.37. The second-order valence-corrected chi connectivity index (χ2v) is 5.83. The maximum atomic E-state index is 6.29. The summed E-state index contributed by atoms with van der Waals surface area (Å²) in [7, 11) is 0. The van der Waals surface area contributed by atoms with E-state index in [1.807, 2.05) is 19.1 Å². The lowest BCUT2D eigenvalue weighted by Crippen LogP contribution is -2.07. The molecule has 0 heterocycles. The van der Waals surface area contributed by atoms with Gasteiger partial charge in [-0.2, -0.15) is 0 Å². The summed E-state index contributed by atoms with van der Waals surface area (Å²) < 4.78 is 0. The molecule has 0 amide bonds. The Kier molecular flexibility index (Phi) is 3.42. The molecular weight excluding hydrogens is 277 g/mol. The number of benzene rings is 2. The molecule has 2 aromatic rings. The van der Waals surface area contributed by atoms with E-state index in [2.05, 4.69) is 29.6 Å². The van der Waals surface area contributed by atoms with E-state index in [4.69, 9.17) is 23.2 Å². The van der Waals surface area contributed by atoms with Crippen molar-refractivity contribution in [3.8, 4) is 0 Å². The average molecular weight is 292 g/mol. The van der Waals surface area contributed by atoms with Crippen LogP contribution in [0.1, 0.15) is 29.2 Å². The largest absolute Gasteiger partial charge is 0.377 e. The summed E-state index contributed by atoms with van der Waals surface area (Å²) in [6.07, 6.45) is 2.21. The Hall–Kier alpha value is -1.18. The minimum Gasteiger partial charge on any atom is -0.377 e. The summed E-state index contributed by atoms with van der Waals surface area (Å²) in [5.74, 6) is 0. The predicted octanol–water partition coefficient (Wildman–Crippen LogP) is 5.40. The molecule has 3 rings (SSSR count). The van der Waals surface area contributed by atoms with Gasteiger partial charge in [-0.25, -0.2) is 0 Å². The molecule has 0 bridgehead atoms. The van der Waals surface area contributed by atoms with Crippen molar-refractivity contribution in [2.45, 2.75) is 25.8 Å². The minimum absolute atomic E-state index is 0.326. The van der Waals surface area contributed by atoms with Gasteiger partial charge in [0.15, 0.2) is 0 Å².